The van der Waals surface area contributed by atoms with Gasteiger partial charge in [0.05, 0.1) is 17.7 Å². The van der Waals surface area contributed by atoms with Crippen molar-refractivity contribution in [2.45, 2.75) is 19.9 Å². The van der Waals surface area contributed by atoms with Crippen LogP contribution in [0.4, 0.5) is 0 Å². The molecule has 90 valence electrons. The number of nitrogens with one attached hydrogen (secondary N) is 1. The third-order valence-corrected chi connectivity index (χ3v) is 3.41. The van der Waals surface area contributed by atoms with Crippen molar-refractivity contribution in [1.29, 1.82) is 0 Å². The zero-order valence-electron chi connectivity index (χ0n) is 9.86. The molecule has 0 spiro atoms. The summed E-state index contributed by atoms with van der Waals surface area (Å²) in [5.41, 5.74) is 2.26. The van der Waals surface area contributed by atoms with Crippen LogP contribution in [0, 0.1) is 3.57 Å². The van der Waals surface area contributed by atoms with Crippen LogP contribution in [0.2, 0.25) is 0 Å². The van der Waals surface area contributed by atoms with Crippen molar-refractivity contribution < 1.29 is 0 Å². The van der Waals surface area contributed by atoms with Crippen LogP contribution in [-0.4, -0.2) is 16.1 Å². The fourth-order valence-corrected chi connectivity index (χ4v) is 2.31. The van der Waals surface area contributed by atoms with E-state index >= 15 is 0 Å². The van der Waals surface area contributed by atoms with Crippen LogP contribution in [0.15, 0.2) is 36.8 Å². The van der Waals surface area contributed by atoms with Gasteiger partial charge < -0.3 is 9.88 Å². The minimum Gasteiger partial charge on any atom is -0.311 e. The maximum absolute atomic E-state index is 4.40. The summed E-state index contributed by atoms with van der Waals surface area (Å²) in [4.78, 5) is 4.40. The van der Waals surface area contributed by atoms with Gasteiger partial charge in [0.2, 0.25) is 0 Å². The van der Waals surface area contributed by atoms with E-state index in [1.54, 1.807) is 0 Å². The van der Waals surface area contributed by atoms with E-state index in [1.807, 2.05) is 18.5 Å². The Morgan fingerprint density at radius 2 is 2.18 bits per heavy atom. The first kappa shape index (κ1) is 12.6. The number of nitrogens with zero attached hydrogens (tertiary/aromatic N) is 2. The van der Waals surface area contributed by atoms with Crippen LogP contribution in [0.3, 0.4) is 0 Å². The van der Waals surface area contributed by atoms with E-state index in [2.05, 4.69) is 62.7 Å². The number of hydrogen-bond donors (Lipinski definition) is 1. The van der Waals surface area contributed by atoms with Crippen LogP contribution >= 0.6 is 22.6 Å². The predicted molar refractivity (Wildman–Crippen MR) is 78.3 cm³/mol. The lowest BCUT2D eigenvalue weighted by molar-refractivity contribution is 0.666. The Morgan fingerprint density at radius 1 is 1.35 bits per heavy atom. The number of halogens is 1. The van der Waals surface area contributed by atoms with Crippen LogP contribution < -0.4 is 5.32 Å². The molecular formula is C13H16IN3. The van der Waals surface area contributed by atoms with Gasteiger partial charge in [0.1, 0.15) is 0 Å². The highest BCUT2D eigenvalue weighted by atomic mass is 127. The lowest BCUT2D eigenvalue weighted by atomic mass is 10.3. The summed E-state index contributed by atoms with van der Waals surface area (Å²) in [5, 5.41) is 3.35. The molecule has 1 aromatic heterocycles. The molecule has 1 aromatic carbocycles. The van der Waals surface area contributed by atoms with Crippen LogP contribution in [0.25, 0.3) is 5.69 Å². The average Bonchev–Trinajstić information content (AvgIpc) is 2.79. The molecule has 0 unspecified atom stereocenters. The van der Waals surface area contributed by atoms with Crippen molar-refractivity contribution >= 4 is 22.6 Å². The third-order valence-electron chi connectivity index (χ3n) is 2.50. The Kier molecular flexibility index (Phi) is 4.56. The predicted octanol–water partition coefficient (Wildman–Crippen LogP) is 2.98. The number of aromatic nitrogens is 2. The Bertz CT molecular complexity index is 479. The molecule has 0 radical (unpaired) electrons. The van der Waals surface area contributed by atoms with Gasteiger partial charge in [-0.3, -0.25) is 0 Å². The third kappa shape index (κ3) is 3.29. The van der Waals surface area contributed by atoms with Crippen molar-refractivity contribution in [1.82, 2.24) is 14.9 Å². The minimum atomic E-state index is 0.838. The van der Waals surface area contributed by atoms with E-state index in [1.165, 1.54) is 9.26 Å². The van der Waals surface area contributed by atoms with Gasteiger partial charge in [-0.05, 0) is 47.7 Å². The summed E-state index contributed by atoms with van der Waals surface area (Å²) in [7, 11) is 0. The van der Waals surface area contributed by atoms with E-state index in [0.29, 0.717) is 0 Å². The van der Waals surface area contributed by atoms with Gasteiger partial charge in [-0.25, -0.2) is 4.98 Å². The molecule has 0 bridgehead atoms. The molecule has 0 saturated heterocycles. The summed E-state index contributed by atoms with van der Waals surface area (Å²) in [6.07, 6.45) is 5.11. The van der Waals surface area contributed by atoms with E-state index in [0.717, 1.165) is 25.2 Å². The minimum absolute atomic E-state index is 0.838. The second-order valence-corrected chi connectivity index (χ2v) is 5.06. The van der Waals surface area contributed by atoms with E-state index < -0.39 is 0 Å². The molecular weight excluding hydrogens is 325 g/mol. The van der Waals surface area contributed by atoms with E-state index in [-0.39, 0.29) is 0 Å². The highest BCUT2D eigenvalue weighted by Crippen LogP contribution is 2.16. The molecule has 2 rings (SSSR count). The first-order chi connectivity index (χ1) is 8.31. The summed E-state index contributed by atoms with van der Waals surface area (Å²) in [6, 6.07) is 8.30. The van der Waals surface area contributed by atoms with Gasteiger partial charge in [0, 0.05) is 16.3 Å². The Hall–Kier alpha value is -0.880. The SMILES string of the molecule is CCCNCc1cn(-c2ccccc2I)cn1. The lowest BCUT2D eigenvalue weighted by Crippen LogP contribution is -2.13. The standard InChI is InChI=1S/C13H16IN3/c1-2-7-15-8-11-9-17(10-16-11)13-6-4-3-5-12(13)14/h3-6,9-10,15H,2,7-8H2,1H3. The molecule has 17 heavy (non-hydrogen) atoms. The fraction of sp³-hybridized carbons (Fsp3) is 0.308. The second-order valence-electron chi connectivity index (χ2n) is 3.90. The summed E-state index contributed by atoms with van der Waals surface area (Å²) >= 11 is 2.34. The molecule has 1 N–H and O–H groups in total. The van der Waals surface area contributed by atoms with Gasteiger partial charge in [-0.2, -0.15) is 0 Å². The Morgan fingerprint density at radius 3 is 2.94 bits per heavy atom. The second kappa shape index (κ2) is 6.16. The number of para-hydroxylation sites is 1. The van der Waals surface area contributed by atoms with Crippen LogP contribution in [0.1, 0.15) is 19.0 Å². The van der Waals surface area contributed by atoms with Gasteiger partial charge in [-0.15, -0.1) is 0 Å². The van der Waals surface area contributed by atoms with Gasteiger partial charge in [0.15, 0.2) is 0 Å². The molecule has 0 fully saturated rings. The summed E-state index contributed by atoms with van der Waals surface area (Å²) < 4.78 is 3.31. The maximum atomic E-state index is 4.40. The molecule has 0 saturated carbocycles. The molecule has 3 nitrogen and oxygen atoms in total. The highest BCUT2D eigenvalue weighted by Gasteiger charge is 2.03. The maximum Gasteiger partial charge on any atom is 0.0996 e. The molecule has 2 aromatic rings. The number of benzene rings is 1. The van der Waals surface area contributed by atoms with Crippen molar-refractivity contribution in [3.05, 3.63) is 46.1 Å². The highest BCUT2D eigenvalue weighted by molar-refractivity contribution is 14.1. The topological polar surface area (TPSA) is 29.9 Å². The Balaban J connectivity index is 2.10. The van der Waals surface area contributed by atoms with Crippen molar-refractivity contribution in [3.8, 4) is 5.69 Å². The average molecular weight is 341 g/mol. The molecule has 0 atom stereocenters. The van der Waals surface area contributed by atoms with Crippen molar-refractivity contribution in [2.24, 2.45) is 0 Å². The smallest absolute Gasteiger partial charge is 0.0996 e. The number of rotatable bonds is 5. The first-order valence-electron chi connectivity index (χ1n) is 5.79. The normalized spacial score (nSPS) is 10.7. The van der Waals surface area contributed by atoms with Gasteiger partial charge in [0.25, 0.3) is 0 Å². The fourth-order valence-electron chi connectivity index (χ4n) is 1.64. The molecule has 0 aliphatic carbocycles. The quantitative estimate of drug-likeness (QED) is 0.669. The largest absolute Gasteiger partial charge is 0.311 e. The van der Waals surface area contributed by atoms with E-state index in [9.17, 15) is 0 Å². The lowest BCUT2D eigenvalue weighted by Gasteiger charge is -2.04. The first-order valence-corrected chi connectivity index (χ1v) is 6.87. The van der Waals surface area contributed by atoms with Gasteiger partial charge in [-0.1, -0.05) is 19.1 Å². The molecule has 0 aliphatic heterocycles. The van der Waals surface area contributed by atoms with Crippen LogP contribution in [0.5, 0.6) is 0 Å². The van der Waals surface area contributed by atoms with Crippen molar-refractivity contribution in [3.63, 3.8) is 0 Å². The molecule has 0 aliphatic rings. The Labute approximate surface area is 115 Å². The number of hydrogen-bond acceptors (Lipinski definition) is 2. The summed E-state index contributed by atoms with van der Waals surface area (Å²) in [5.74, 6) is 0. The number of imidazole rings is 1. The molecule has 4 heteroatoms. The molecule has 1 heterocycles. The van der Waals surface area contributed by atoms with Crippen molar-refractivity contribution in [2.75, 3.05) is 6.54 Å². The monoisotopic (exact) mass is 341 g/mol. The zero-order chi connectivity index (χ0) is 12.1. The van der Waals surface area contributed by atoms with Crippen LogP contribution in [-0.2, 0) is 6.54 Å². The zero-order valence-corrected chi connectivity index (χ0v) is 12.0. The van der Waals surface area contributed by atoms with Gasteiger partial charge >= 0.3 is 0 Å². The molecule has 0 amide bonds. The summed E-state index contributed by atoms with van der Waals surface area (Å²) in [6.45, 7) is 4.04. The van der Waals surface area contributed by atoms with E-state index in [4.69, 9.17) is 0 Å².